The number of fused-ring (bicyclic) bond motifs is 1. The van der Waals surface area contributed by atoms with Crippen LogP contribution in [0.3, 0.4) is 0 Å². The number of amides is 1. The van der Waals surface area contributed by atoms with Crippen LogP contribution in [-0.2, 0) is 4.79 Å². The number of rotatable bonds is 7. The molecule has 0 atom stereocenters. The zero-order valence-electron chi connectivity index (χ0n) is 19.9. The van der Waals surface area contributed by atoms with Crippen molar-refractivity contribution in [1.29, 1.82) is 0 Å². The third-order valence-electron chi connectivity index (χ3n) is 5.73. The minimum Gasteiger partial charge on any atom is -0.497 e. The summed E-state index contributed by atoms with van der Waals surface area (Å²) in [6, 6.07) is 31.9. The van der Waals surface area contributed by atoms with Crippen molar-refractivity contribution in [1.82, 2.24) is 9.55 Å². The molecule has 0 bridgehead atoms. The molecule has 0 saturated heterocycles. The summed E-state index contributed by atoms with van der Waals surface area (Å²) in [5, 5.41) is 0.965. The van der Waals surface area contributed by atoms with Crippen LogP contribution in [0.5, 0.6) is 5.75 Å². The lowest BCUT2D eigenvalue weighted by Gasteiger charge is -2.23. The largest absolute Gasteiger partial charge is 0.497 e. The molecule has 184 valence electrons. The first-order valence-corrected chi connectivity index (χ1v) is 13.5. The SMILES string of the molecule is COc1ccc(-n2c(SCC(=O)N(c3ccccc3)c3ccccc3)nc3ccc(I)cc3c2=O)cc1. The number of methoxy groups -OCH3 is 1. The van der Waals surface area contributed by atoms with Crippen molar-refractivity contribution in [3.05, 3.63) is 117 Å². The van der Waals surface area contributed by atoms with Crippen LogP contribution in [0.1, 0.15) is 0 Å². The number of anilines is 2. The van der Waals surface area contributed by atoms with Gasteiger partial charge in [0.1, 0.15) is 5.75 Å². The van der Waals surface area contributed by atoms with E-state index in [4.69, 9.17) is 9.72 Å². The minimum absolute atomic E-state index is 0.0856. The highest BCUT2D eigenvalue weighted by Crippen LogP contribution is 2.28. The van der Waals surface area contributed by atoms with Gasteiger partial charge in [-0.3, -0.25) is 19.1 Å². The second-order valence-corrected chi connectivity index (χ2v) is 10.3. The van der Waals surface area contributed by atoms with Crippen molar-refractivity contribution >= 4 is 62.5 Å². The van der Waals surface area contributed by atoms with Crippen LogP contribution in [-0.4, -0.2) is 28.3 Å². The normalized spacial score (nSPS) is 10.9. The predicted octanol–water partition coefficient (Wildman–Crippen LogP) is 6.46. The Labute approximate surface area is 232 Å². The van der Waals surface area contributed by atoms with E-state index in [-0.39, 0.29) is 17.2 Å². The van der Waals surface area contributed by atoms with Crippen molar-refractivity contribution in [3.63, 3.8) is 0 Å². The number of benzene rings is 4. The maximum atomic E-state index is 13.7. The molecule has 0 aliphatic carbocycles. The molecule has 1 amide bonds. The second kappa shape index (κ2) is 11.2. The number of para-hydroxylation sites is 2. The molecule has 1 aromatic heterocycles. The summed E-state index contributed by atoms with van der Waals surface area (Å²) >= 11 is 3.42. The average Bonchev–Trinajstić information content (AvgIpc) is 2.94. The Morgan fingerprint density at radius 2 is 1.54 bits per heavy atom. The number of carbonyl (C=O) groups is 1. The van der Waals surface area contributed by atoms with Crippen molar-refractivity contribution in [2.45, 2.75) is 5.16 Å². The van der Waals surface area contributed by atoms with Crippen molar-refractivity contribution in [2.75, 3.05) is 17.8 Å². The Morgan fingerprint density at radius 1 is 0.919 bits per heavy atom. The molecule has 0 radical (unpaired) electrons. The van der Waals surface area contributed by atoms with Gasteiger partial charge in [-0.2, -0.15) is 0 Å². The molecule has 0 saturated carbocycles. The molecule has 0 unspecified atom stereocenters. The van der Waals surface area contributed by atoms with Gasteiger partial charge in [-0.05, 0) is 89.3 Å². The van der Waals surface area contributed by atoms with Crippen molar-refractivity contribution in [2.24, 2.45) is 0 Å². The van der Waals surface area contributed by atoms with Crippen LogP contribution in [0.15, 0.2) is 113 Å². The first-order valence-electron chi connectivity index (χ1n) is 11.5. The highest BCUT2D eigenvalue weighted by molar-refractivity contribution is 14.1. The van der Waals surface area contributed by atoms with Gasteiger partial charge in [-0.15, -0.1) is 0 Å². The van der Waals surface area contributed by atoms with Gasteiger partial charge < -0.3 is 4.74 Å². The first-order chi connectivity index (χ1) is 18.0. The molecule has 6 nitrogen and oxygen atoms in total. The smallest absolute Gasteiger partial charge is 0.266 e. The van der Waals surface area contributed by atoms with Crippen LogP contribution < -0.4 is 15.2 Å². The highest BCUT2D eigenvalue weighted by Gasteiger charge is 2.21. The maximum absolute atomic E-state index is 13.7. The summed E-state index contributed by atoms with van der Waals surface area (Å²) in [4.78, 5) is 33.8. The lowest BCUT2D eigenvalue weighted by molar-refractivity contribution is -0.115. The number of thioether (sulfide) groups is 1. The number of carbonyl (C=O) groups excluding carboxylic acids is 1. The summed E-state index contributed by atoms with van der Waals surface area (Å²) < 4.78 is 7.79. The first kappa shape index (κ1) is 25.0. The van der Waals surface area contributed by atoms with Crippen LogP contribution in [0.4, 0.5) is 11.4 Å². The molecule has 37 heavy (non-hydrogen) atoms. The number of halogens is 1. The monoisotopic (exact) mass is 619 g/mol. The van der Waals surface area contributed by atoms with E-state index >= 15 is 0 Å². The van der Waals surface area contributed by atoms with Crippen LogP contribution in [0, 0.1) is 3.57 Å². The van der Waals surface area contributed by atoms with Gasteiger partial charge >= 0.3 is 0 Å². The van der Waals surface area contributed by atoms with Crippen molar-refractivity contribution in [3.8, 4) is 11.4 Å². The van der Waals surface area contributed by atoms with E-state index in [1.54, 1.807) is 28.7 Å². The fourth-order valence-corrected chi connectivity index (χ4v) is 5.33. The summed E-state index contributed by atoms with van der Waals surface area (Å²) in [6.45, 7) is 0. The predicted molar refractivity (Wildman–Crippen MR) is 157 cm³/mol. The second-order valence-electron chi connectivity index (χ2n) is 8.08. The number of hydrogen-bond donors (Lipinski definition) is 0. The fraction of sp³-hybridized carbons (Fsp3) is 0.0690. The summed E-state index contributed by atoms with van der Waals surface area (Å²) in [5.74, 6) is 0.647. The molecule has 0 fully saturated rings. The third-order valence-corrected chi connectivity index (χ3v) is 7.33. The third kappa shape index (κ3) is 5.40. The zero-order chi connectivity index (χ0) is 25.8. The number of ether oxygens (including phenoxy) is 1. The van der Waals surface area contributed by atoms with Crippen LogP contribution >= 0.6 is 34.4 Å². The minimum atomic E-state index is -0.188. The zero-order valence-corrected chi connectivity index (χ0v) is 22.8. The highest BCUT2D eigenvalue weighted by atomic mass is 127. The topological polar surface area (TPSA) is 64.4 Å². The number of hydrogen-bond acceptors (Lipinski definition) is 5. The maximum Gasteiger partial charge on any atom is 0.266 e. The van der Waals surface area contributed by atoms with E-state index < -0.39 is 0 Å². The summed E-state index contributed by atoms with van der Waals surface area (Å²) in [7, 11) is 1.60. The quantitative estimate of drug-likeness (QED) is 0.119. The molecule has 8 heteroatoms. The standard InChI is InChI=1S/C29H22IN3O3S/c1-36-24-15-13-23(14-16-24)33-28(35)25-18-20(30)12-17-26(25)31-29(33)37-19-27(34)32(21-8-4-2-5-9-21)22-10-6-3-7-11-22/h2-18H,19H2,1H3. The molecule has 5 aromatic rings. The van der Waals surface area contributed by atoms with Gasteiger partial charge in [-0.1, -0.05) is 48.2 Å². The van der Waals surface area contributed by atoms with E-state index in [2.05, 4.69) is 22.6 Å². The lowest BCUT2D eigenvalue weighted by Crippen LogP contribution is -2.28. The van der Waals surface area contributed by atoms with Gasteiger partial charge in [0.05, 0.1) is 29.5 Å². The lowest BCUT2D eigenvalue weighted by atomic mass is 10.2. The van der Waals surface area contributed by atoms with Gasteiger partial charge in [-0.25, -0.2) is 4.98 Å². The van der Waals surface area contributed by atoms with E-state index in [1.165, 1.54) is 11.8 Å². The van der Waals surface area contributed by atoms with Gasteiger partial charge in [0, 0.05) is 14.9 Å². The van der Waals surface area contributed by atoms with Crippen LogP contribution in [0.25, 0.3) is 16.6 Å². The molecular weight excluding hydrogens is 597 g/mol. The van der Waals surface area contributed by atoms with Crippen molar-refractivity contribution < 1.29 is 9.53 Å². The molecule has 0 spiro atoms. The van der Waals surface area contributed by atoms with E-state index in [1.807, 2.05) is 91.0 Å². The molecule has 1 heterocycles. The summed E-state index contributed by atoms with van der Waals surface area (Å²) in [6.07, 6.45) is 0. The summed E-state index contributed by atoms with van der Waals surface area (Å²) in [5.41, 5.74) is 2.59. The van der Waals surface area contributed by atoms with Crippen LogP contribution in [0.2, 0.25) is 0 Å². The van der Waals surface area contributed by atoms with E-state index in [9.17, 15) is 9.59 Å². The van der Waals surface area contributed by atoms with E-state index in [0.29, 0.717) is 27.5 Å². The molecular formula is C29H22IN3O3S. The fourth-order valence-electron chi connectivity index (χ4n) is 3.98. The number of nitrogens with zero attached hydrogens (tertiary/aromatic N) is 3. The average molecular weight is 619 g/mol. The Hall–Kier alpha value is -3.63. The Bertz CT molecular complexity index is 1570. The number of aromatic nitrogens is 2. The molecule has 4 aromatic carbocycles. The molecule has 5 rings (SSSR count). The molecule has 0 N–H and O–H groups in total. The van der Waals surface area contributed by atoms with Gasteiger partial charge in [0.2, 0.25) is 5.91 Å². The van der Waals surface area contributed by atoms with Gasteiger partial charge in [0.15, 0.2) is 5.16 Å². The Balaban J connectivity index is 1.55. The molecule has 0 aliphatic heterocycles. The van der Waals surface area contributed by atoms with Gasteiger partial charge in [0.25, 0.3) is 5.56 Å². The Kier molecular flexibility index (Phi) is 7.57. The van der Waals surface area contributed by atoms with E-state index in [0.717, 1.165) is 14.9 Å². The molecule has 0 aliphatic rings. The Morgan fingerprint density at radius 3 is 2.14 bits per heavy atom.